The standard InChI is InChI=1S/C8H11NO4/c1-2-5(10)8(13)9-6(11)3-4-7(9)12/h3-5,10-12H,2H2,1H3. The summed E-state index contributed by atoms with van der Waals surface area (Å²) in [6, 6.07) is 2.35. The molecule has 1 aromatic rings. The number of aromatic hydroxyl groups is 2. The Bertz CT molecular complexity index is 298. The molecule has 0 aliphatic carbocycles. The molecule has 0 bridgehead atoms. The maximum absolute atomic E-state index is 11.3. The van der Waals surface area contributed by atoms with E-state index in [4.69, 9.17) is 15.3 Å². The van der Waals surface area contributed by atoms with Crippen molar-refractivity contribution >= 4 is 5.91 Å². The normalized spacial score (nSPS) is 12.8. The van der Waals surface area contributed by atoms with E-state index in [9.17, 15) is 4.79 Å². The molecule has 0 spiro atoms. The summed E-state index contributed by atoms with van der Waals surface area (Å²) in [4.78, 5) is 11.3. The summed E-state index contributed by atoms with van der Waals surface area (Å²) in [5, 5.41) is 27.4. The molecule has 3 N–H and O–H groups in total. The van der Waals surface area contributed by atoms with Gasteiger partial charge in [-0.05, 0) is 6.42 Å². The number of nitrogens with zero attached hydrogens (tertiary/aromatic N) is 1. The predicted octanol–water partition coefficient (Wildman–Crippen LogP) is 0.310. The summed E-state index contributed by atoms with van der Waals surface area (Å²) in [5.41, 5.74) is 0. The highest BCUT2D eigenvalue weighted by Crippen LogP contribution is 2.21. The monoisotopic (exact) mass is 185 g/mol. The smallest absolute Gasteiger partial charge is 0.265 e. The molecule has 0 fully saturated rings. The Kier molecular flexibility index (Phi) is 2.57. The van der Waals surface area contributed by atoms with Gasteiger partial charge in [0.2, 0.25) is 11.8 Å². The van der Waals surface area contributed by atoms with Crippen molar-refractivity contribution in [3.8, 4) is 11.8 Å². The van der Waals surface area contributed by atoms with Crippen molar-refractivity contribution in [2.75, 3.05) is 0 Å². The molecule has 0 amide bonds. The van der Waals surface area contributed by atoms with Crippen LogP contribution in [0, 0.1) is 0 Å². The lowest BCUT2D eigenvalue weighted by molar-refractivity contribution is 0.0628. The first-order valence-electron chi connectivity index (χ1n) is 3.90. The van der Waals surface area contributed by atoms with Crippen molar-refractivity contribution in [2.24, 2.45) is 0 Å². The van der Waals surface area contributed by atoms with Crippen molar-refractivity contribution in [2.45, 2.75) is 19.4 Å². The van der Waals surface area contributed by atoms with Gasteiger partial charge < -0.3 is 15.3 Å². The van der Waals surface area contributed by atoms with Crippen LogP contribution in [0.2, 0.25) is 0 Å². The Balaban J connectivity index is 3.01. The molecular formula is C8H11NO4. The van der Waals surface area contributed by atoms with E-state index in [1.807, 2.05) is 0 Å². The van der Waals surface area contributed by atoms with E-state index in [2.05, 4.69) is 0 Å². The molecular weight excluding hydrogens is 174 g/mol. The fourth-order valence-corrected chi connectivity index (χ4v) is 0.965. The highest BCUT2D eigenvalue weighted by molar-refractivity contribution is 5.85. The second kappa shape index (κ2) is 3.49. The molecule has 1 atom stereocenters. The van der Waals surface area contributed by atoms with Crippen LogP contribution in [-0.2, 0) is 0 Å². The number of aromatic nitrogens is 1. The van der Waals surface area contributed by atoms with Crippen LogP contribution in [0.3, 0.4) is 0 Å². The van der Waals surface area contributed by atoms with Gasteiger partial charge in [-0.15, -0.1) is 0 Å². The van der Waals surface area contributed by atoms with Gasteiger partial charge in [-0.1, -0.05) is 6.92 Å². The van der Waals surface area contributed by atoms with Crippen LogP contribution in [0.5, 0.6) is 11.8 Å². The van der Waals surface area contributed by atoms with Crippen molar-refractivity contribution in [3.63, 3.8) is 0 Å². The van der Waals surface area contributed by atoms with Gasteiger partial charge in [-0.2, -0.15) is 0 Å². The predicted molar refractivity (Wildman–Crippen MR) is 44.7 cm³/mol. The minimum Gasteiger partial charge on any atom is -0.494 e. The zero-order valence-corrected chi connectivity index (χ0v) is 7.14. The third kappa shape index (κ3) is 1.65. The maximum atomic E-state index is 11.3. The summed E-state index contributed by atoms with van der Waals surface area (Å²) < 4.78 is 0.661. The second-order valence-corrected chi connectivity index (χ2v) is 2.65. The van der Waals surface area contributed by atoms with E-state index in [1.165, 1.54) is 12.1 Å². The maximum Gasteiger partial charge on any atom is 0.265 e. The van der Waals surface area contributed by atoms with Gasteiger partial charge in [0.15, 0.2) is 0 Å². The zero-order chi connectivity index (χ0) is 10.0. The molecule has 1 rings (SSSR count). The largest absolute Gasteiger partial charge is 0.494 e. The summed E-state index contributed by atoms with van der Waals surface area (Å²) in [7, 11) is 0. The van der Waals surface area contributed by atoms with Crippen molar-refractivity contribution in [3.05, 3.63) is 12.1 Å². The Labute approximate surface area is 74.9 Å². The Morgan fingerprint density at radius 1 is 1.46 bits per heavy atom. The van der Waals surface area contributed by atoms with E-state index in [-0.39, 0.29) is 18.2 Å². The van der Waals surface area contributed by atoms with E-state index in [0.29, 0.717) is 4.57 Å². The third-order valence-electron chi connectivity index (χ3n) is 1.73. The van der Waals surface area contributed by atoms with Crippen LogP contribution in [-0.4, -0.2) is 31.9 Å². The Hall–Kier alpha value is -1.49. The average molecular weight is 185 g/mol. The first-order valence-corrected chi connectivity index (χ1v) is 3.90. The first kappa shape index (κ1) is 9.60. The first-order chi connectivity index (χ1) is 6.07. The molecule has 0 aliphatic rings. The van der Waals surface area contributed by atoms with E-state index in [0.717, 1.165) is 0 Å². The lowest BCUT2D eigenvalue weighted by Gasteiger charge is -2.08. The quantitative estimate of drug-likeness (QED) is 0.619. The minimum absolute atomic E-state index is 0.232. The molecule has 0 aromatic carbocycles. The van der Waals surface area contributed by atoms with Crippen LogP contribution in [0.15, 0.2) is 12.1 Å². The van der Waals surface area contributed by atoms with Crippen molar-refractivity contribution < 1.29 is 20.1 Å². The molecule has 5 heteroatoms. The molecule has 1 unspecified atom stereocenters. The summed E-state index contributed by atoms with van der Waals surface area (Å²) in [6.45, 7) is 1.63. The SMILES string of the molecule is CCC(O)C(=O)n1c(O)ccc1O. The number of carbonyl (C=O) groups is 1. The number of hydrogen-bond acceptors (Lipinski definition) is 4. The molecule has 0 aliphatic heterocycles. The van der Waals surface area contributed by atoms with Crippen molar-refractivity contribution in [1.29, 1.82) is 0 Å². The molecule has 0 saturated heterocycles. The van der Waals surface area contributed by atoms with E-state index < -0.39 is 12.0 Å². The average Bonchev–Trinajstić information content (AvgIpc) is 2.44. The summed E-state index contributed by atoms with van der Waals surface area (Å²) in [6.07, 6.45) is -0.972. The van der Waals surface area contributed by atoms with E-state index in [1.54, 1.807) is 6.92 Å². The fourth-order valence-electron chi connectivity index (χ4n) is 0.965. The van der Waals surface area contributed by atoms with Gasteiger partial charge in [0.1, 0.15) is 6.10 Å². The van der Waals surface area contributed by atoms with Gasteiger partial charge in [0, 0.05) is 12.1 Å². The number of rotatable bonds is 2. The minimum atomic E-state index is -1.20. The van der Waals surface area contributed by atoms with Gasteiger partial charge in [0.05, 0.1) is 0 Å². The van der Waals surface area contributed by atoms with Crippen LogP contribution < -0.4 is 0 Å². The lowest BCUT2D eigenvalue weighted by atomic mass is 10.2. The number of carbonyl (C=O) groups excluding carboxylic acids is 1. The van der Waals surface area contributed by atoms with Crippen LogP contribution in [0.25, 0.3) is 0 Å². The summed E-state index contributed by atoms with van der Waals surface area (Å²) in [5.74, 6) is -1.49. The summed E-state index contributed by atoms with van der Waals surface area (Å²) >= 11 is 0. The number of aliphatic hydroxyl groups excluding tert-OH is 1. The van der Waals surface area contributed by atoms with Gasteiger partial charge in [-0.3, -0.25) is 4.79 Å². The van der Waals surface area contributed by atoms with Crippen LogP contribution in [0.4, 0.5) is 0 Å². The molecule has 0 saturated carbocycles. The number of hydrogen-bond donors (Lipinski definition) is 3. The number of aliphatic hydroxyl groups is 1. The highest BCUT2D eigenvalue weighted by Gasteiger charge is 2.20. The van der Waals surface area contributed by atoms with Crippen LogP contribution >= 0.6 is 0 Å². The molecule has 1 aromatic heterocycles. The topological polar surface area (TPSA) is 82.7 Å². The molecule has 5 nitrogen and oxygen atoms in total. The van der Waals surface area contributed by atoms with Crippen LogP contribution in [0.1, 0.15) is 18.1 Å². The molecule has 0 radical (unpaired) electrons. The Morgan fingerprint density at radius 3 is 2.31 bits per heavy atom. The van der Waals surface area contributed by atoms with Gasteiger partial charge >= 0.3 is 0 Å². The fraction of sp³-hybridized carbons (Fsp3) is 0.375. The second-order valence-electron chi connectivity index (χ2n) is 2.65. The molecule has 72 valence electrons. The van der Waals surface area contributed by atoms with Gasteiger partial charge in [0.25, 0.3) is 5.91 Å². The zero-order valence-electron chi connectivity index (χ0n) is 7.14. The lowest BCUT2D eigenvalue weighted by Crippen LogP contribution is -2.25. The third-order valence-corrected chi connectivity index (χ3v) is 1.73. The molecule has 13 heavy (non-hydrogen) atoms. The van der Waals surface area contributed by atoms with Gasteiger partial charge in [-0.25, -0.2) is 4.57 Å². The Morgan fingerprint density at radius 2 is 1.92 bits per heavy atom. The van der Waals surface area contributed by atoms with E-state index >= 15 is 0 Å². The molecule has 1 heterocycles. The van der Waals surface area contributed by atoms with Crippen molar-refractivity contribution in [1.82, 2.24) is 4.57 Å². The highest BCUT2D eigenvalue weighted by atomic mass is 16.3.